The van der Waals surface area contributed by atoms with Crippen LogP contribution in [0.25, 0.3) is 0 Å². The maximum absolute atomic E-state index is 12.8. The number of aliphatic hydroxyl groups is 3. The quantitative estimate of drug-likeness (QED) is 0.0197. The summed E-state index contributed by atoms with van der Waals surface area (Å²) in [6.45, 7) is 3.58. The first kappa shape index (κ1) is 59.4. The highest BCUT2D eigenvalue weighted by molar-refractivity contribution is 7.85. The summed E-state index contributed by atoms with van der Waals surface area (Å²) in [5.74, 6) is -2.14. The van der Waals surface area contributed by atoms with Crippen LogP contribution in [-0.2, 0) is 38.7 Å². The summed E-state index contributed by atoms with van der Waals surface area (Å²) in [6.07, 6.45) is 41.6. The summed E-state index contributed by atoms with van der Waals surface area (Å²) in [5.41, 5.74) is 0. The molecule has 6 unspecified atom stereocenters. The topological polar surface area (TPSA) is 186 Å². The standard InChI is InChI=1S/C51H88O12S/c1-3-5-7-9-11-13-15-17-19-20-21-22-23-24-26-27-29-31-33-35-37-39-46(52)60-41-44(42-61-51-50(56)49(55)48(54)45(63-51)43-64(57,58)59)62-47(53)40-38-36-34-32-30-28-25-18-16-14-12-10-8-6-4-2/h6,8,12,14,18,25,30,32,36,38,44-45,48-51,54-56H,3-5,7,9-11,13,15-17,19-24,26-29,31,33-35,37,39-43H2,1-2H3,(H,57,58,59)/b8-6-,14-12-,25-18-,32-30-,38-36-. The normalized spacial score (nSPS) is 20.1. The van der Waals surface area contributed by atoms with Gasteiger partial charge in [-0.15, -0.1) is 0 Å². The minimum Gasteiger partial charge on any atom is -0.462 e. The smallest absolute Gasteiger partial charge is 0.310 e. The largest absolute Gasteiger partial charge is 0.462 e. The van der Waals surface area contributed by atoms with Crippen molar-refractivity contribution < 1.29 is 56.8 Å². The van der Waals surface area contributed by atoms with Crippen LogP contribution in [0, 0.1) is 0 Å². The molecule has 1 aliphatic rings. The molecular formula is C51H88O12S. The highest BCUT2D eigenvalue weighted by Gasteiger charge is 2.46. The zero-order chi connectivity index (χ0) is 46.9. The van der Waals surface area contributed by atoms with Crippen LogP contribution >= 0.6 is 0 Å². The molecule has 0 aromatic heterocycles. The minimum atomic E-state index is -4.62. The van der Waals surface area contributed by atoms with Gasteiger partial charge in [0.2, 0.25) is 0 Å². The molecule has 1 heterocycles. The first-order valence-electron chi connectivity index (χ1n) is 24.8. The van der Waals surface area contributed by atoms with Crippen molar-refractivity contribution in [2.24, 2.45) is 0 Å². The van der Waals surface area contributed by atoms with Crippen molar-refractivity contribution in [1.29, 1.82) is 0 Å². The molecule has 1 aliphatic heterocycles. The van der Waals surface area contributed by atoms with Gasteiger partial charge in [-0.2, -0.15) is 8.42 Å². The predicted octanol–water partition coefficient (Wildman–Crippen LogP) is 10.9. The zero-order valence-electron chi connectivity index (χ0n) is 39.6. The van der Waals surface area contributed by atoms with Gasteiger partial charge in [-0.25, -0.2) is 0 Å². The molecule has 0 radical (unpaired) electrons. The lowest BCUT2D eigenvalue weighted by Gasteiger charge is -2.40. The molecule has 370 valence electrons. The Labute approximate surface area is 387 Å². The Morgan fingerprint density at radius 3 is 1.41 bits per heavy atom. The monoisotopic (exact) mass is 925 g/mol. The third-order valence-electron chi connectivity index (χ3n) is 11.1. The number of esters is 2. The Morgan fingerprint density at radius 1 is 0.547 bits per heavy atom. The Balaban J connectivity index is 2.41. The molecule has 4 N–H and O–H groups in total. The fourth-order valence-corrected chi connectivity index (χ4v) is 8.03. The van der Waals surface area contributed by atoms with Crippen molar-refractivity contribution in [3.8, 4) is 0 Å². The van der Waals surface area contributed by atoms with Gasteiger partial charge in [0.05, 0.1) is 13.0 Å². The van der Waals surface area contributed by atoms with Crippen LogP contribution in [0.4, 0.5) is 0 Å². The van der Waals surface area contributed by atoms with Gasteiger partial charge in [0.15, 0.2) is 12.4 Å². The van der Waals surface area contributed by atoms with Gasteiger partial charge in [0, 0.05) is 6.42 Å². The van der Waals surface area contributed by atoms with Crippen molar-refractivity contribution in [3.05, 3.63) is 60.8 Å². The van der Waals surface area contributed by atoms with E-state index in [1.54, 1.807) is 6.08 Å². The number of hydrogen-bond acceptors (Lipinski definition) is 11. The van der Waals surface area contributed by atoms with E-state index in [-0.39, 0.29) is 19.4 Å². The third kappa shape index (κ3) is 34.7. The average Bonchev–Trinajstić information content (AvgIpc) is 3.26. The van der Waals surface area contributed by atoms with Gasteiger partial charge >= 0.3 is 11.9 Å². The van der Waals surface area contributed by atoms with Crippen molar-refractivity contribution in [2.45, 2.75) is 230 Å². The molecule has 0 amide bonds. The van der Waals surface area contributed by atoms with Gasteiger partial charge in [-0.05, 0) is 38.5 Å². The SMILES string of the molecule is CC/C=C\C/C=C\C/C=C\C/C=C\C/C=C\CC(=O)OC(COC(=O)CCCCCCCCCCCCCCCCCCCCCCC)COC1OC(CS(=O)(=O)O)C(O)C(O)C1O. The van der Waals surface area contributed by atoms with Gasteiger partial charge < -0.3 is 34.3 Å². The molecule has 0 bridgehead atoms. The van der Waals surface area contributed by atoms with Crippen LogP contribution in [0.5, 0.6) is 0 Å². The number of aliphatic hydroxyl groups excluding tert-OH is 3. The highest BCUT2D eigenvalue weighted by atomic mass is 32.2. The zero-order valence-corrected chi connectivity index (χ0v) is 40.4. The molecule has 0 saturated carbocycles. The number of carbonyl (C=O) groups is 2. The van der Waals surface area contributed by atoms with E-state index in [1.165, 1.54) is 109 Å². The van der Waals surface area contributed by atoms with Crippen LogP contribution in [0.1, 0.15) is 194 Å². The Hall–Kier alpha value is -2.65. The first-order chi connectivity index (χ1) is 31.0. The number of hydrogen-bond donors (Lipinski definition) is 4. The number of rotatable bonds is 41. The van der Waals surface area contributed by atoms with Crippen LogP contribution < -0.4 is 0 Å². The molecule has 6 atom stereocenters. The molecule has 0 aliphatic carbocycles. The highest BCUT2D eigenvalue weighted by Crippen LogP contribution is 2.24. The molecule has 12 nitrogen and oxygen atoms in total. The minimum absolute atomic E-state index is 0.0682. The van der Waals surface area contributed by atoms with Gasteiger partial charge in [0.1, 0.15) is 36.8 Å². The van der Waals surface area contributed by atoms with Crippen LogP contribution in [-0.4, -0.2) is 96.0 Å². The number of allylic oxidation sites excluding steroid dienone is 9. The van der Waals surface area contributed by atoms with E-state index in [9.17, 15) is 37.9 Å². The second-order valence-electron chi connectivity index (χ2n) is 17.1. The summed E-state index contributed by atoms with van der Waals surface area (Å²) >= 11 is 0. The first-order valence-corrected chi connectivity index (χ1v) is 26.5. The van der Waals surface area contributed by atoms with Crippen molar-refractivity contribution in [1.82, 2.24) is 0 Å². The molecule has 13 heteroatoms. The molecular weight excluding hydrogens is 837 g/mol. The van der Waals surface area contributed by atoms with E-state index in [1.807, 2.05) is 18.2 Å². The Bertz CT molecular complexity index is 1410. The van der Waals surface area contributed by atoms with Crippen LogP contribution in [0.15, 0.2) is 60.8 Å². The molecule has 1 rings (SSSR count). The van der Waals surface area contributed by atoms with Crippen molar-refractivity contribution in [3.63, 3.8) is 0 Å². The fraction of sp³-hybridized carbons (Fsp3) is 0.765. The van der Waals surface area contributed by atoms with Crippen molar-refractivity contribution in [2.75, 3.05) is 19.0 Å². The number of unbranched alkanes of at least 4 members (excludes halogenated alkanes) is 20. The van der Waals surface area contributed by atoms with Crippen LogP contribution in [0.3, 0.4) is 0 Å². The summed E-state index contributed by atoms with van der Waals surface area (Å²) in [7, 11) is -4.62. The maximum atomic E-state index is 12.8. The van der Waals surface area contributed by atoms with Crippen molar-refractivity contribution >= 4 is 22.1 Å². The maximum Gasteiger partial charge on any atom is 0.310 e. The van der Waals surface area contributed by atoms with Gasteiger partial charge in [-0.1, -0.05) is 203 Å². The molecule has 0 aromatic rings. The molecule has 0 aromatic carbocycles. The van der Waals surface area contributed by atoms with E-state index < -0.39 is 71.2 Å². The molecule has 64 heavy (non-hydrogen) atoms. The lowest BCUT2D eigenvalue weighted by atomic mass is 10.00. The van der Waals surface area contributed by atoms with E-state index in [4.69, 9.17) is 18.9 Å². The summed E-state index contributed by atoms with van der Waals surface area (Å²) < 4.78 is 54.0. The second kappa shape index (κ2) is 40.6. The van der Waals surface area contributed by atoms with Crippen LogP contribution in [0.2, 0.25) is 0 Å². The van der Waals surface area contributed by atoms with E-state index >= 15 is 0 Å². The summed E-state index contributed by atoms with van der Waals surface area (Å²) in [4.78, 5) is 25.4. The van der Waals surface area contributed by atoms with E-state index in [0.29, 0.717) is 12.8 Å². The molecule has 1 saturated heterocycles. The van der Waals surface area contributed by atoms with E-state index in [2.05, 4.69) is 50.3 Å². The lowest BCUT2D eigenvalue weighted by molar-refractivity contribution is -0.297. The average molecular weight is 925 g/mol. The number of carbonyl (C=O) groups excluding carboxylic acids is 2. The molecule has 0 spiro atoms. The summed E-state index contributed by atoms with van der Waals surface area (Å²) in [6, 6.07) is 0. The van der Waals surface area contributed by atoms with E-state index in [0.717, 1.165) is 44.9 Å². The fourth-order valence-electron chi connectivity index (χ4n) is 7.34. The molecule has 1 fully saturated rings. The Kier molecular flexibility index (Phi) is 37.7. The second-order valence-corrected chi connectivity index (χ2v) is 18.6. The number of ether oxygens (including phenoxy) is 4. The predicted molar refractivity (Wildman–Crippen MR) is 256 cm³/mol. The third-order valence-corrected chi connectivity index (χ3v) is 11.9. The summed E-state index contributed by atoms with van der Waals surface area (Å²) in [5, 5.41) is 30.9. The van der Waals surface area contributed by atoms with Gasteiger partial charge in [0.25, 0.3) is 10.1 Å². The van der Waals surface area contributed by atoms with Gasteiger partial charge in [-0.3, -0.25) is 14.1 Å². The lowest BCUT2D eigenvalue weighted by Crippen LogP contribution is -2.60. The Morgan fingerprint density at radius 2 is 0.969 bits per heavy atom.